The molecule has 1 atom stereocenters. The summed E-state index contributed by atoms with van der Waals surface area (Å²) in [5.41, 5.74) is 1.46. The molecule has 0 N–H and O–H groups in total. The molecule has 1 aromatic carbocycles. The first kappa shape index (κ1) is 14.3. The summed E-state index contributed by atoms with van der Waals surface area (Å²) >= 11 is 6.03. The van der Waals surface area contributed by atoms with Crippen LogP contribution in [0, 0.1) is 11.7 Å². The van der Waals surface area contributed by atoms with Crippen LogP contribution < -0.4 is 4.90 Å². The second kappa shape index (κ2) is 5.88. The van der Waals surface area contributed by atoms with E-state index in [4.69, 9.17) is 16.3 Å². The monoisotopic (exact) mass is 285 g/mol. The molecule has 0 radical (unpaired) electrons. The van der Waals surface area contributed by atoms with Crippen molar-refractivity contribution in [1.29, 1.82) is 0 Å². The van der Waals surface area contributed by atoms with E-state index in [0.717, 1.165) is 18.4 Å². The van der Waals surface area contributed by atoms with Gasteiger partial charge in [0.1, 0.15) is 10.8 Å². The van der Waals surface area contributed by atoms with Gasteiger partial charge in [-0.2, -0.15) is 0 Å². The fourth-order valence-electron chi connectivity index (χ4n) is 2.42. The minimum absolute atomic E-state index is 0.0372. The number of carbonyl (C=O) groups is 1. The number of fused-ring (bicyclic) bond motifs is 1. The molecule has 0 saturated heterocycles. The summed E-state index contributed by atoms with van der Waals surface area (Å²) in [4.78, 5) is 14.0. The van der Waals surface area contributed by atoms with Crippen molar-refractivity contribution >= 4 is 23.2 Å². The fourth-order valence-corrected chi connectivity index (χ4v) is 2.71. The average Bonchev–Trinajstić information content (AvgIpc) is 2.42. The zero-order chi connectivity index (χ0) is 14.0. The highest BCUT2D eigenvalue weighted by molar-refractivity contribution is 6.34. The van der Waals surface area contributed by atoms with Gasteiger partial charge in [-0.1, -0.05) is 24.6 Å². The van der Waals surface area contributed by atoms with Gasteiger partial charge in [-0.05, 0) is 24.5 Å². The van der Waals surface area contributed by atoms with Crippen LogP contribution in [-0.4, -0.2) is 26.2 Å². The highest BCUT2D eigenvalue weighted by Gasteiger charge is 2.29. The van der Waals surface area contributed by atoms with Crippen molar-refractivity contribution in [2.45, 2.75) is 19.8 Å². The minimum atomic E-state index is -0.487. The second-order valence-corrected chi connectivity index (χ2v) is 5.20. The number of rotatable bonds is 3. The molecular formula is C14H17ClFNO2. The summed E-state index contributed by atoms with van der Waals surface area (Å²) in [7, 11) is 1.56. The van der Waals surface area contributed by atoms with E-state index in [0.29, 0.717) is 18.8 Å². The summed E-state index contributed by atoms with van der Waals surface area (Å²) < 4.78 is 18.6. The zero-order valence-electron chi connectivity index (χ0n) is 11.1. The van der Waals surface area contributed by atoms with Crippen LogP contribution in [0.15, 0.2) is 12.1 Å². The fraction of sp³-hybridized carbons (Fsp3) is 0.500. The van der Waals surface area contributed by atoms with Gasteiger partial charge in [0, 0.05) is 13.7 Å². The van der Waals surface area contributed by atoms with E-state index in [1.807, 2.05) is 0 Å². The summed E-state index contributed by atoms with van der Waals surface area (Å²) in [6.07, 6.45) is 1.68. The molecule has 1 aliphatic rings. The Kier molecular flexibility index (Phi) is 4.42. The van der Waals surface area contributed by atoms with E-state index in [1.165, 1.54) is 6.07 Å². The molecular weight excluding hydrogens is 269 g/mol. The van der Waals surface area contributed by atoms with Crippen molar-refractivity contribution in [2.75, 3.05) is 25.2 Å². The summed E-state index contributed by atoms with van der Waals surface area (Å²) in [6.45, 7) is 2.72. The molecule has 0 fully saturated rings. The number of methoxy groups -OCH3 is 1. The van der Waals surface area contributed by atoms with Crippen molar-refractivity contribution in [3.05, 3.63) is 28.5 Å². The van der Waals surface area contributed by atoms with Gasteiger partial charge in [0.2, 0.25) is 5.91 Å². The van der Waals surface area contributed by atoms with Crippen molar-refractivity contribution in [3.8, 4) is 0 Å². The largest absolute Gasteiger partial charge is 0.384 e. The highest BCUT2D eigenvalue weighted by Crippen LogP contribution is 2.36. The van der Waals surface area contributed by atoms with Gasteiger partial charge in [0.05, 0.1) is 18.2 Å². The summed E-state index contributed by atoms with van der Waals surface area (Å²) in [5, 5.41) is 0.0372. The Morgan fingerprint density at radius 2 is 2.32 bits per heavy atom. The van der Waals surface area contributed by atoms with Crippen LogP contribution in [0.3, 0.4) is 0 Å². The molecule has 1 heterocycles. The Labute approximate surface area is 117 Å². The molecule has 1 aliphatic heterocycles. The van der Waals surface area contributed by atoms with E-state index < -0.39 is 5.82 Å². The number of benzene rings is 1. The molecule has 0 saturated carbocycles. The standard InChI is InChI=1S/C14H17ClFNO2/c1-9(8-19-2)14(18)17-7-3-4-10-5-6-11(16)12(15)13(10)17/h5-6,9H,3-4,7-8H2,1-2H3. The van der Waals surface area contributed by atoms with Gasteiger partial charge in [0.25, 0.3) is 0 Å². The Morgan fingerprint density at radius 3 is 3.00 bits per heavy atom. The van der Waals surface area contributed by atoms with Crippen LogP contribution in [-0.2, 0) is 16.0 Å². The number of ether oxygens (including phenoxy) is 1. The third kappa shape index (κ3) is 2.74. The molecule has 5 heteroatoms. The number of carbonyl (C=O) groups excluding carboxylic acids is 1. The second-order valence-electron chi connectivity index (χ2n) is 4.82. The number of nitrogens with zero attached hydrogens (tertiary/aromatic N) is 1. The summed E-state index contributed by atoms with van der Waals surface area (Å²) in [6, 6.07) is 3.06. The highest BCUT2D eigenvalue weighted by atomic mass is 35.5. The van der Waals surface area contributed by atoms with Crippen LogP contribution >= 0.6 is 11.6 Å². The number of hydrogen-bond acceptors (Lipinski definition) is 2. The van der Waals surface area contributed by atoms with Gasteiger partial charge < -0.3 is 9.64 Å². The smallest absolute Gasteiger partial charge is 0.232 e. The van der Waals surface area contributed by atoms with E-state index in [1.54, 1.807) is 25.0 Å². The lowest BCUT2D eigenvalue weighted by Gasteiger charge is -2.32. The number of amides is 1. The Hall–Kier alpha value is -1.13. The zero-order valence-corrected chi connectivity index (χ0v) is 11.8. The van der Waals surface area contributed by atoms with Crippen molar-refractivity contribution in [3.63, 3.8) is 0 Å². The molecule has 104 valence electrons. The SMILES string of the molecule is COCC(C)C(=O)N1CCCc2ccc(F)c(Cl)c21. The molecule has 3 nitrogen and oxygen atoms in total. The molecule has 2 rings (SSSR count). The normalized spacial score (nSPS) is 16.1. The van der Waals surface area contributed by atoms with E-state index in [-0.39, 0.29) is 16.8 Å². The van der Waals surface area contributed by atoms with Crippen LogP contribution in [0.1, 0.15) is 18.9 Å². The van der Waals surface area contributed by atoms with Crippen LogP contribution in [0.5, 0.6) is 0 Å². The minimum Gasteiger partial charge on any atom is -0.384 e. The lowest BCUT2D eigenvalue weighted by atomic mass is 9.99. The number of anilines is 1. The van der Waals surface area contributed by atoms with Crippen molar-refractivity contribution in [1.82, 2.24) is 0 Å². The maximum Gasteiger partial charge on any atom is 0.232 e. The quantitative estimate of drug-likeness (QED) is 0.854. The maximum atomic E-state index is 13.6. The third-order valence-corrected chi connectivity index (χ3v) is 3.71. The number of aryl methyl sites for hydroxylation is 1. The Balaban J connectivity index is 2.36. The molecule has 0 aliphatic carbocycles. The molecule has 1 unspecified atom stereocenters. The van der Waals surface area contributed by atoms with E-state index >= 15 is 0 Å². The average molecular weight is 286 g/mol. The molecule has 0 aromatic heterocycles. The summed E-state index contributed by atoms with van der Waals surface area (Å²) in [5.74, 6) is -0.829. The van der Waals surface area contributed by atoms with Gasteiger partial charge in [-0.3, -0.25) is 4.79 Å². The molecule has 0 bridgehead atoms. The van der Waals surface area contributed by atoms with Crippen LogP contribution in [0.25, 0.3) is 0 Å². The lowest BCUT2D eigenvalue weighted by Crippen LogP contribution is -2.40. The molecule has 0 spiro atoms. The van der Waals surface area contributed by atoms with Gasteiger partial charge in [0.15, 0.2) is 0 Å². The lowest BCUT2D eigenvalue weighted by molar-refractivity contribution is -0.123. The first-order valence-electron chi connectivity index (χ1n) is 6.33. The Bertz CT molecular complexity index is 493. The van der Waals surface area contributed by atoms with Gasteiger partial charge in [-0.15, -0.1) is 0 Å². The van der Waals surface area contributed by atoms with Crippen LogP contribution in [0.2, 0.25) is 5.02 Å². The Morgan fingerprint density at radius 1 is 1.58 bits per heavy atom. The number of halogens is 2. The first-order chi connectivity index (χ1) is 9.06. The first-order valence-corrected chi connectivity index (χ1v) is 6.71. The van der Waals surface area contributed by atoms with Crippen molar-refractivity contribution in [2.24, 2.45) is 5.92 Å². The van der Waals surface area contributed by atoms with E-state index in [2.05, 4.69) is 0 Å². The van der Waals surface area contributed by atoms with Gasteiger partial charge >= 0.3 is 0 Å². The predicted molar refractivity (Wildman–Crippen MR) is 73.1 cm³/mol. The molecule has 1 amide bonds. The van der Waals surface area contributed by atoms with Gasteiger partial charge in [-0.25, -0.2) is 4.39 Å². The maximum absolute atomic E-state index is 13.6. The van der Waals surface area contributed by atoms with Crippen molar-refractivity contribution < 1.29 is 13.9 Å². The number of hydrogen-bond donors (Lipinski definition) is 0. The molecule has 1 aromatic rings. The molecule has 19 heavy (non-hydrogen) atoms. The third-order valence-electron chi connectivity index (χ3n) is 3.35. The van der Waals surface area contributed by atoms with Crippen LogP contribution in [0.4, 0.5) is 10.1 Å². The predicted octanol–water partition coefficient (Wildman–Crippen LogP) is 3.04. The van der Waals surface area contributed by atoms with E-state index in [9.17, 15) is 9.18 Å². The topological polar surface area (TPSA) is 29.5 Å².